The van der Waals surface area contributed by atoms with Crippen molar-refractivity contribution in [1.82, 2.24) is 9.66 Å². The molecule has 0 bridgehead atoms. The Hall–Kier alpha value is -2.91. The van der Waals surface area contributed by atoms with Gasteiger partial charge in [0.15, 0.2) is 0 Å². The second-order valence-electron chi connectivity index (χ2n) is 7.36. The molecule has 3 aromatic rings. The van der Waals surface area contributed by atoms with Crippen molar-refractivity contribution < 1.29 is 4.74 Å². The van der Waals surface area contributed by atoms with Crippen LogP contribution in [-0.4, -0.2) is 22.5 Å². The van der Waals surface area contributed by atoms with Gasteiger partial charge in [-0.25, -0.2) is 4.98 Å². The number of para-hydroxylation sites is 1. The summed E-state index contributed by atoms with van der Waals surface area (Å²) >= 11 is 3.45. The molecule has 0 aliphatic heterocycles. The standard InChI is InChI=1S/C24H22BrN3O2/c1-2-14-30-22-11-7-6-10-18(22)16-26-28-23(17-8-4-3-5-9-17)27-21-13-12-19(25)15-20(21)24(28)29/h1,6-7,10-13,15-17H,3-5,8-9,14H2. The fourth-order valence-electron chi connectivity index (χ4n) is 3.86. The molecular formula is C24H22BrN3O2. The molecule has 152 valence electrons. The van der Waals surface area contributed by atoms with E-state index in [0.717, 1.165) is 41.5 Å². The Morgan fingerprint density at radius 2 is 2.03 bits per heavy atom. The van der Waals surface area contributed by atoms with Gasteiger partial charge < -0.3 is 4.74 Å². The predicted octanol–water partition coefficient (Wildman–Crippen LogP) is 5.10. The number of nitrogens with zero attached hydrogens (tertiary/aromatic N) is 3. The summed E-state index contributed by atoms with van der Waals surface area (Å²) in [5, 5.41) is 5.11. The maximum atomic E-state index is 13.4. The summed E-state index contributed by atoms with van der Waals surface area (Å²) in [7, 11) is 0. The Labute approximate surface area is 183 Å². The first kappa shape index (κ1) is 20.4. The van der Waals surface area contributed by atoms with E-state index in [4.69, 9.17) is 16.1 Å². The third-order valence-electron chi connectivity index (χ3n) is 5.35. The van der Waals surface area contributed by atoms with Gasteiger partial charge in [0.1, 0.15) is 18.2 Å². The Kier molecular flexibility index (Phi) is 6.29. The molecule has 1 aliphatic rings. The highest BCUT2D eigenvalue weighted by molar-refractivity contribution is 9.10. The molecule has 1 saturated carbocycles. The van der Waals surface area contributed by atoms with E-state index in [0.29, 0.717) is 16.7 Å². The van der Waals surface area contributed by atoms with Crippen LogP contribution in [0.15, 0.2) is 56.8 Å². The van der Waals surface area contributed by atoms with Gasteiger partial charge >= 0.3 is 0 Å². The van der Waals surface area contributed by atoms with Crippen molar-refractivity contribution >= 4 is 33.0 Å². The second kappa shape index (κ2) is 9.27. The van der Waals surface area contributed by atoms with Crippen molar-refractivity contribution in [3.05, 3.63) is 68.7 Å². The van der Waals surface area contributed by atoms with Gasteiger partial charge in [0.05, 0.1) is 17.1 Å². The maximum Gasteiger partial charge on any atom is 0.282 e. The Morgan fingerprint density at radius 3 is 2.83 bits per heavy atom. The van der Waals surface area contributed by atoms with Crippen LogP contribution in [0.5, 0.6) is 5.75 Å². The first-order valence-electron chi connectivity index (χ1n) is 10.1. The Balaban J connectivity index is 1.83. The number of hydrogen-bond acceptors (Lipinski definition) is 4. The molecule has 0 saturated heterocycles. The van der Waals surface area contributed by atoms with Crippen LogP contribution >= 0.6 is 15.9 Å². The van der Waals surface area contributed by atoms with E-state index in [1.165, 1.54) is 11.1 Å². The topological polar surface area (TPSA) is 56.5 Å². The van der Waals surface area contributed by atoms with Crippen LogP contribution in [0.4, 0.5) is 0 Å². The minimum atomic E-state index is -0.167. The van der Waals surface area contributed by atoms with Crippen molar-refractivity contribution in [2.75, 3.05) is 6.61 Å². The van der Waals surface area contributed by atoms with Crippen molar-refractivity contribution in [1.29, 1.82) is 0 Å². The monoisotopic (exact) mass is 463 g/mol. The maximum absolute atomic E-state index is 13.4. The summed E-state index contributed by atoms with van der Waals surface area (Å²) in [6.45, 7) is 0.170. The fraction of sp³-hybridized carbons (Fsp3) is 0.292. The van der Waals surface area contributed by atoms with Gasteiger partial charge in [-0.3, -0.25) is 4.79 Å². The molecule has 1 fully saturated rings. The molecule has 0 unspecified atom stereocenters. The lowest BCUT2D eigenvalue weighted by Gasteiger charge is -2.22. The summed E-state index contributed by atoms with van der Waals surface area (Å²) in [6, 6.07) is 13.1. The lowest BCUT2D eigenvalue weighted by atomic mass is 9.88. The molecule has 4 rings (SSSR count). The van der Waals surface area contributed by atoms with E-state index in [2.05, 4.69) is 27.0 Å². The number of rotatable bonds is 5. The molecule has 1 aromatic heterocycles. The van der Waals surface area contributed by atoms with Crippen molar-refractivity contribution in [3.8, 4) is 18.1 Å². The van der Waals surface area contributed by atoms with E-state index >= 15 is 0 Å². The molecule has 0 radical (unpaired) electrons. The number of ether oxygens (including phenoxy) is 1. The van der Waals surface area contributed by atoms with Gasteiger partial charge in [-0.2, -0.15) is 9.78 Å². The van der Waals surface area contributed by atoms with Crippen LogP contribution in [0.25, 0.3) is 10.9 Å². The second-order valence-corrected chi connectivity index (χ2v) is 8.27. The molecule has 0 spiro atoms. The molecule has 5 nitrogen and oxygen atoms in total. The number of terminal acetylenes is 1. The van der Waals surface area contributed by atoms with E-state index < -0.39 is 0 Å². The summed E-state index contributed by atoms with van der Waals surface area (Å²) in [5.74, 6) is 4.05. The summed E-state index contributed by atoms with van der Waals surface area (Å²) in [6.07, 6.45) is 12.5. The SMILES string of the molecule is C#CCOc1ccccc1C=Nn1c(C2CCCCC2)nc2ccc(Br)cc2c1=O. The molecule has 6 heteroatoms. The first-order chi connectivity index (χ1) is 14.7. The normalized spacial score (nSPS) is 14.8. The molecule has 2 aromatic carbocycles. The largest absolute Gasteiger partial charge is 0.480 e. The average Bonchev–Trinajstić information content (AvgIpc) is 2.78. The number of hydrogen-bond donors (Lipinski definition) is 0. The number of halogens is 1. The first-order valence-corrected chi connectivity index (χ1v) is 10.9. The van der Waals surface area contributed by atoms with Gasteiger partial charge in [0, 0.05) is 16.0 Å². The molecule has 0 N–H and O–H groups in total. The van der Waals surface area contributed by atoms with Crippen LogP contribution < -0.4 is 10.3 Å². The van der Waals surface area contributed by atoms with E-state index in [1.807, 2.05) is 36.4 Å². The van der Waals surface area contributed by atoms with Crippen molar-refractivity contribution in [2.24, 2.45) is 5.10 Å². The minimum absolute atomic E-state index is 0.167. The summed E-state index contributed by atoms with van der Waals surface area (Å²) < 4.78 is 7.90. The Morgan fingerprint density at radius 1 is 1.23 bits per heavy atom. The highest BCUT2D eigenvalue weighted by Gasteiger charge is 2.22. The van der Waals surface area contributed by atoms with Gasteiger partial charge in [-0.05, 0) is 43.2 Å². The summed E-state index contributed by atoms with van der Waals surface area (Å²) in [5.41, 5.74) is 1.29. The van der Waals surface area contributed by atoms with Gasteiger partial charge in [0.2, 0.25) is 0 Å². The quantitative estimate of drug-likeness (QED) is 0.390. The molecule has 0 amide bonds. The van der Waals surface area contributed by atoms with Crippen molar-refractivity contribution in [2.45, 2.75) is 38.0 Å². The van der Waals surface area contributed by atoms with Gasteiger partial charge in [-0.15, -0.1) is 6.42 Å². The van der Waals surface area contributed by atoms with Crippen LogP contribution in [0.2, 0.25) is 0 Å². The molecule has 1 aliphatic carbocycles. The number of aromatic nitrogens is 2. The zero-order chi connectivity index (χ0) is 20.9. The highest BCUT2D eigenvalue weighted by Crippen LogP contribution is 2.32. The predicted molar refractivity (Wildman–Crippen MR) is 123 cm³/mol. The van der Waals surface area contributed by atoms with E-state index in [1.54, 1.807) is 12.3 Å². The fourth-order valence-corrected chi connectivity index (χ4v) is 4.22. The van der Waals surface area contributed by atoms with E-state index in [9.17, 15) is 4.79 Å². The third kappa shape index (κ3) is 4.31. The zero-order valence-electron chi connectivity index (χ0n) is 16.6. The van der Waals surface area contributed by atoms with Crippen molar-refractivity contribution in [3.63, 3.8) is 0 Å². The zero-order valence-corrected chi connectivity index (χ0v) is 18.1. The van der Waals surface area contributed by atoms with Gasteiger partial charge in [0.25, 0.3) is 5.56 Å². The highest BCUT2D eigenvalue weighted by atomic mass is 79.9. The number of fused-ring (bicyclic) bond motifs is 1. The lowest BCUT2D eigenvalue weighted by molar-refractivity contribution is 0.370. The lowest BCUT2D eigenvalue weighted by Crippen LogP contribution is -2.25. The van der Waals surface area contributed by atoms with Crippen LogP contribution in [-0.2, 0) is 0 Å². The van der Waals surface area contributed by atoms with Crippen LogP contribution in [0, 0.1) is 12.3 Å². The molecular weight excluding hydrogens is 442 g/mol. The third-order valence-corrected chi connectivity index (χ3v) is 5.84. The minimum Gasteiger partial charge on any atom is -0.480 e. The molecule has 1 heterocycles. The average molecular weight is 464 g/mol. The van der Waals surface area contributed by atoms with Crippen LogP contribution in [0.3, 0.4) is 0 Å². The summed E-state index contributed by atoms with van der Waals surface area (Å²) in [4.78, 5) is 18.2. The smallest absolute Gasteiger partial charge is 0.282 e. The van der Waals surface area contributed by atoms with Crippen LogP contribution in [0.1, 0.15) is 49.4 Å². The number of benzene rings is 2. The van der Waals surface area contributed by atoms with E-state index in [-0.39, 0.29) is 18.1 Å². The molecule has 30 heavy (non-hydrogen) atoms. The van der Waals surface area contributed by atoms with Gasteiger partial charge in [-0.1, -0.05) is 53.2 Å². The molecule has 0 atom stereocenters. The Bertz CT molecular complexity index is 1190.